The number of nitrogens with one attached hydrogen (secondary N) is 1. The van der Waals surface area contributed by atoms with E-state index in [-0.39, 0.29) is 5.60 Å². The number of nitrogens with zero attached hydrogens (tertiary/aromatic N) is 1. The largest absolute Gasteiger partial charge is 0.462 e. The van der Waals surface area contributed by atoms with Gasteiger partial charge in [0.05, 0.1) is 5.69 Å². The highest BCUT2D eigenvalue weighted by atomic mass is 16.5. The number of rotatable bonds is 2. The number of benzene rings is 1. The standard InChI is InChI=1S/C6H6N2.C5H10O2/c7-8-6-4-2-1-3-5-6;1-5(2,3)7-4-6/h1-5,7H;4H,1-3H3. The molecule has 0 aliphatic rings. The minimum Gasteiger partial charge on any atom is -0.462 e. The minimum absolute atomic E-state index is 0.318. The van der Waals surface area contributed by atoms with E-state index in [1.807, 2.05) is 39.0 Å². The number of carbonyl (C=O) groups is 1. The van der Waals surface area contributed by atoms with Gasteiger partial charge in [-0.05, 0) is 32.9 Å². The molecule has 0 aliphatic heterocycles. The van der Waals surface area contributed by atoms with Crippen molar-refractivity contribution >= 4 is 12.2 Å². The Hall–Kier alpha value is -1.71. The number of carbonyl (C=O) groups excluding carboxylic acids is 1. The van der Waals surface area contributed by atoms with Crippen LogP contribution in [0.2, 0.25) is 0 Å². The summed E-state index contributed by atoms with van der Waals surface area (Å²) in [7, 11) is 0. The predicted molar refractivity (Wildman–Crippen MR) is 58.2 cm³/mol. The van der Waals surface area contributed by atoms with Crippen LogP contribution in [0.3, 0.4) is 0 Å². The Labute approximate surface area is 89.8 Å². The Kier molecular flexibility index (Phi) is 5.94. The lowest BCUT2D eigenvalue weighted by molar-refractivity contribution is -0.138. The molecule has 0 aliphatic carbocycles. The quantitative estimate of drug-likeness (QED) is 0.598. The minimum atomic E-state index is -0.318. The third kappa shape index (κ3) is 8.62. The van der Waals surface area contributed by atoms with Crippen LogP contribution in [0, 0.1) is 5.53 Å². The Balaban J connectivity index is 0.000000265. The first-order chi connectivity index (χ1) is 6.99. The number of ether oxygens (including phenoxy) is 1. The fraction of sp³-hybridized carbons (Fsp3) is 0.364. The molecule has 4 nitrogen and oxygen atoms in total. The second kappa shape index (κ2) is 6.70. The maximum Gasteiger partial charge on any atom is 0.293 e. The lowest BCUT2D eigenvalue weighted by atomic mass is 10.2. The number of hydrogen-bond acceptors (Lipinski definition) is 4. The van der Waals surface area contributed by atoms with Crippen molar-refractivity contribution in [1.82, 2.24) is 0 Å². The second-order valence-electron chi connectivity index (χ2n) is 3.77. The molecule has 0 unspecified atom stereocenters. The van der Waals surface area contributed by atoms with E-state index in [0.717, 1.165) is 0 Å². The first-order valence-electron chi connectivity index (χ1n) is 4.53. The van der Waals surface area contributed by atoms with Crippen LogP contribution in [0.1, 0.15) is 20.8 Å². The van der Waals surface area contributed by atoms with Crippen LogP contribution in [-0.4, -0.2) is 12.1 Å². The van der Waals surface area contributed by atoms with Crippen molar-refractivity contribution in [1.29, 1.82) is 5.53 Å². The summed E-state index contributed by atoms with van der Waals surface area (Å²) in [6, 6.07) is 9.18. The fourth-order valence-electron chi connectivity index (χ4n) is 0.647. The third-order valence-corrected chi connectivity index (χ3v) is 1.29. The molecule has 82 valence electrons. The maximum absolute atomic E-state index is 9.60. The summed E-state index contributed by atoms with van der Waals surface area (Å²) in [5, 5.41) is 3.22. The van der Waals surface area contributed by atoms with Gasteiger partial charge in [-0.2, -0.15) is 5.11 Å². The van der Waals surface area contributed by atoms with E-state index in [0.29, 0.717) is 12.2 Å². The highest BCUT2D eigenvalue weighted by molar-refractivity contribution is 5.37. The van der Waals surface area contributed by atoms with Crippen LogP contribution in [0.4, 0.5) is 5.69 Å². The average molecular weight is 208 g/mol. The smallest absolute Gasteiger partial charge is 0.293 e. The van der Waals surface area contributed by atoms with Gasteiger partial charge >= 0.3 is 0 Å². The number of hydrogen-bond donors (Lipinski definition) is 1. The summed E-state index contributed by atoms with van der Waals surface area (Å²) >= 11 is 0. The van der Waals surface area contributed by atoms with Crippen molar-refractivity contribution in [2.45, 2.75) is 26.4 Å². The van der Waals surface area contributed by atoms with Gasteiger partial charge in [0.1, 0.15) is 5.60 Å². The predicted octanol–water partition coefficient (Wildman–Crippen LogP) is 3.31. The van der Waals surface area contributed by atoms with Crippen LogP contribution < -0.4 is 0 Å². The van der Waals surface area contributed by atoms with E-state index in [1.165, 1.54) is 0 Å². The lowest BCUT2D eigenvalue weighted by Crippen LogP contribution is -2.17. The van der Waals surface area contributed by atoms with Crippen molar-refractivity contribution in [3.63, 3.8) is 0 Å². The molecule has 0 atom stereocenters. The van der Waals surface area contributed by atoms with Gasteiger partial charge < -0.3 is 4.74 Å². The van der Waals surface area contributed by atoms with Crippen molar-refractivity contribution < 1.29 is 9.53 Å². The van der Waals surface area contributed by atoms with Gasteiger partial charge in [-0.3, -0.25) is 4.79 Å². The van der Waals surface area contributed by atoms with Crippen molar-refractivity contribution in [3.8, 4) is 0 Å². The van der Waals surface area contributed by atoms with E-state index in [4.69, 9.17) is 5.53 Å². The summed E-state index contributed by atoms with van der Waals surface area (Å²) in [6.45, 7) is 5.92. The molecule has 1 N–H and O–H groups in total. The van der Waals surface area contributed by atoms with Crippen molar-refractivity contribution in [2.75, 3.05) is 0 Å². The Morgan fingerprint density at radius 2 is 1.80 bits per heavy atom. The topological polar surface area (TPSA) is 62.5 Å². The summed E-state index contributed by atoms with van der Waals surface area (Å²) in [6.07, 6.45) is 0. The van der Waals surface area contributed by atoms with Crippen LogP contribution >= 0.6 is 0 Å². The molecule has 0 radical (unpaired) electrons. The SMILES string of the molecule is CC(C)(C)OC=O.N=Nc1ccccc1. The molecular formula is C11H16N2O2. The van der Waals surface area contributed by atoms with Crippen LogP contribution in [0.5, 0.6) is 0 Å². The summed E-state index contributed by atoms with van der Waals surface area (Å²) in [4.78, 5) is 9.60. The van der Waals surface area contributed by atoms with Gasteiger partial charge in [-0.15, -0.1) is 0 Å². The van der Waals surface area contributed by atoms with Crippen molar-refractivity contribution in [2.24, 2.45) is 5.11 Å². The van der Waals surface area contributed by atoms with Gasteiger partial charge in [0.15, 0.2) is 0 Å². The lowest BCUT2D eigenvalue weighted by Gasteiger charge is -2.14. The Morgan fingerprint density at radius 1 is 1.27 bits per heavy atom. The average Bonchev–Trinajstić information content (AvgIpc) is 2.18. The molecule has 1 aromatic carbocycles. The van der Waals surface area contributed by atoms with E-state index in [9.17, 15) is 4.79 Å². The van der Waals surface area contributed by atoms with Gasteiger partial charge in [0.25, 0.3) is 6.47 Å². The third-order valence-electron chi connectivity index (χ3n) is 1.29. The second-order valence-corrected chi connectivity index (χ2v) is 3.77. The summed E-state index contributed by atoms with van der Waals surface area (Å²) in [5.41, 5.74) is 6.95. The molecule has 15 heavy (non-hydrogen) atoms. The Bertz CT molecular complexity index is 291. The summed E-state index contributed by atoms with van der Waals surface area (Å²) < 4.78 is 4.55. The molecule has 0 spiro atoms. The molecule has 0 saturated carbocycles. The highest BCUT2D eigenvalue weighted by Gasteiger charge is 2.07. The van der Waals surface area contributed by atoms with E-state index in [1.54, 1.807) is 12.1 Å². The molecule has 0 bridgehead atoms. The maximum atomic E-state index is 9.60. The van der Waals surface area contributed by atoms with E-state index < -0.39 is 0 Å². The molecule has 1 rings (SSSR count). The zero-order valence-electron chi connectivity index (χ0n) is 9.23. The molecule has 0 amide bonds. The van der Waals surface area contributed by atoms with Gasteiger partial charge in [-0.25, -0.2) is 5.53 Å². The first-order valence-corrected chi connectivity index (χ1v) is 4.53. The van der Waals surface area contributed by atoms with Crippen LogP contribution in [0.25, 0.3) is 0 Å². The molecule has 0 fully saturated rings. The van der Waals surface area contributed by atoms with Crippen LogP contribution in [0.15, 0.2) is 35.4 Å². The zero-order valence-corrected chi connectivity index (χ0v) is 9.23. The van der Waals surface area contributed by atoms with Gasteiger partial charge in [0, 0.05) is 0 Å². The Morgan fingerprint density at radius 3 is 2.00 bits per heavy atom. The molecule has 0 saturated heterocycles. The molecular weight excluding hydrogens is 192 g/mol. The van der Waals surface area contributed by atoms with Crippen molar-refractivity contribution in [3.05, 3.63) is 30.3 Å². The zero-order chi connectivity index (χ0) is 11.7. The molecule has 0 aromatic heterocycles. The molecule has 4 heteroatoms. The number of para-hydroxylation sites is 1. The first kappa shape index (κ1) is 13.3. The van der Waals surface area contributed by atoms with E-state index >= 15 is 0 Å². The monoisotopic (exact) mass is 208 g/mol. The summed E-state index contributed by atoms with van der Waals surface area (Å²) in [5.74, 6) is 0. The highest BCUT2D eigenvalue weighted by Crippen LogP contribution is 2.07. The molecule has 1 aromatic rings. The normalized spacial score (nSPS) is 9.53. The fourth-order valence-corrected chi connectivity index (χ4v) is 0.647. The molecule has 0 heterocycles. The van der Waals surface area contributed by atoms with E-state index in [2.05, 4.69) is 9.85 Å². The van der Waals surface area contributed by atoms with Gasteiger partial charge in [-0.1, -0.05) is 18.2 Å². The van der Waals surface area contributed by atoms with Crippen LogP contribution in [-0.2, 0) is 9.53 Å². The van der Waals surface area contributed by atoms with Gasteiger partial charge in [0.2, 0.25) is 0 Å².